The Morgan fingerprint density at radius 3 is 2.67 bits per heavy atom. The number of fused-ring (bicyclic) bond motifs is 1. The van der Waals surface area contributed by atoms with Crippen LogP contribution in [-0.2, 0) is 11.0 Å². The summed E-state index contributed by atoms with van der Waals surface area (Å²) in [5, 5.41) is 8.09. The molecule has 3 heterocycles. The molecule has 4 rings (SSSR count). The van der Waals surface area contributed by atoms with Crippen LogP contribution in [0.3, 0.4) is 0 Å². The van der Waals surface area contributed by atoms with Crippen LogP contribution in [0.15, 0.2) is 47.1 Å². The predicted octanol–water partition coefficient (Wildman–Crippen LogP) is 4.30. The van der Waals surface area contributed by atoms with Gasteiger partial charge in [0.15, 0.2) is 12.3 Å². The van der Waals surface area contributed by atoms with Crippen LogP contribution in [-0.4, -0.2) is 45.1 Å². The molecule has 30 heavy (non-hydrogen) atoms. The van der Waals surface area contributed by atoms with Gasteiger partial charge in [0.2, 0.25) is 0 Å². The van der Waals surface area contributed by atoms with Crippen molar-refractivity contribution in [3.05, 3.63) is 58.5 Å². The summed E-state index contributed by atoms with van der Waals surface area (Å²) in [4.78, 5) is 14.3. The van der Waals surface area contributed by atoms with Crippen molar-refractivity contribution in [1.29, 1.82) is 0 Å². The fourth-order valence-electron chi connectivity index (χ4n) is 3.54. The van der Waals surface area contributed by atoms with Crippen molar-refractivity contribution >= 4 is 27.5 Å². The van der Waals surface area contributed by atoms with Crippen LogP contribution in [0.25, 0.3) is 5.65 Å². The van der Waals surface area contributed by atoms with E-state index in [0.717, 1.165) is 23.2 Å². The Labute approximate surface area is 178 Å². The second kappa shape index (κ2) is 8.25. The van der Waals surface area contributed by atoms with Gasteiger partial charge in [-0.2, -0.15) is 13.2 Å². The zero-order chi connectivity index (χ0) is 21.3. The number of carbonyl (C=O) groups excluding carboxylic acids is 1. The summed E-state index contributed by atoms with van der Waals surface area (Å²) in [6.45, 7) is 0.830. The number of rotatable bonds is 4. The standard InChI is InChI=1S/C20H18BrF3N4O2/c21-15-4-6-16(7-5-15)30-12-18(29)27-9-1-2-13(10-27)19-26-25-17-8-3-14(11-28(17)19)20(22,23)24/h3-8,11,13H,1-2,9-10,12H2. The molecular formula is C20H18BrF3N4O2. The molecule has 0 aliphatic carbocycles. The number of amides is 1. The van der Waals surface area contributed by atoms with E-state index in [1.54, 1.807) is 17.0 Å². The van der Waals surface area contributed by atoms with E-state index in [1.165, 1.54) is 10.5 Å². The number of carbonyl (C=O) groups is 1. The van der Waals surface area contributed by atoms with Gasteiger partial charge in [0.1, 0.15) is 11.6 Å². The molecule has 2 aromatic heterocycles. The minimum Gasteiger partial charge on any atom is -0.484 e. The number of likely N-dealkylation sites (tertiary alicyclic amines) is 1. The first-order valence-corrected chi connectivity index (χ1v) is 10.2. The molecule has 6 nitrogen and oxygen atoms in total. The highest BCUT2D eigenvalue weighted by atomic mass is 79.9. The summed E-state index contributed by atoms with van der Waals surface area (Å²) >= 11 is 3.34. The fourth-order valence-corrected chi connectivity index (χ4v) is 3.80. The topological polar surface area (TPSA) is 59.7 Å². The summed E-state index contributed by atoms with van der Waals surface area (Å²) < 4.78 is 47.1. The number of halogens is 4. The number of pyridine rings is 1. The molecule has 1 aliphatic heterocycles. The van der Waals surface area contributed by atoms with Crippen LogP contribution < -0.4 is 4.74 Å². The molecule has 0 bridgehead atoms. The van der Waals surface area contributed by atoms with Crippen LogP contribution in [0.5, 0.6) is 5.75 Å². The van der Waals surface area contributed by atoms with Crippen molar-refractivity contribution in [3.63, 3.8) is 0 Å². The molecule has 0 radical (unpaired) electrons. The lowest BCUT2D eigenvalue weighted by molar-refractivity contribution is -0.138. The zero-order valence-corrected chi connectivity index (χ0v) is 17.4. The zero-order valence-electron chi connectivity index (χ0n) is 15.8. The number of hydrogen-bond acceptors (Lipinski definition) is 4. The monoisotopic (exact) mass is 482 g/mol. The minimum atomic E-state index is -4.45. The van der Waals surface area contributed by atoms with E-state index in [-0.39, 0.29) is 18.4 Å². The van der Waals surface area contributed by atoms with Crippen molar-refractivity contribution in [2.24, 2.45) is 0 Å². The molecule has 1 saturated heterocycles. The number of ether oxygens (including phenoxy) is 1. The third-order valence-electron chi connectivity index (χ3n) is 5.07. The maximum Gasteiger partial charge on any atom is 0.417 e. The van der Waals surface area contributed by atoms with E-state index in [2.05, 4.69) is 26.1 Å². The SMILES string of the molecule is O=C(COc1ccc(Br)cc1)N1CCCC(c2nnc3ccc(C(F)(F)F)cn23)C1. The summed E-state index contributed by atoms with van der Waals surface area (Å²) in [6.07, 6.45) is -1.99. The van der Waals surface area contributed by atoms with Gasteiger partial charge in [-0.25, -0.2) is 0 Å². The molecular weight excluding hydrogens is 465 g/mol. The van der Waals surface area contributed by atoms with Gasteiger partial charge in [-0.1, -0.05) is 15.9 Å². The van der Waals surface area contributed by atoms with Gasteiger partial charge in [-0.15, -0.1) is 10.2 Å². The summed E-state index contributed by atoms with van der Waals surface area (Å²) in [5.74, 6) is 0.645. The Morgan fingerprint density at radius 2 is 1.93 bits per heavy atom. The van der Waals surface area contributed by atoms with E-state index in [4.69, 9.17) is 4.74 Å². The van der Waals surface area contributed by atoms with Gasteiger partial charge < -0.3 is 9.64 Å². The van der Waals surface area contributed by atoms with E-state index in [0.29, 0.717) is 36.7 Å². The number of aromatic nitrogens is 3. The van der Waals surface area contributed by atoms with Crippen molar-refractivity contribution in [2.45, 2.75) is 24.9 Å². The molecule has 0 N–H and O–H groups in total. The Bertz CT molecular complexity index is 1050. The van der Waals surface area contributed by atoms with E-state index in [9.17, 15) is 18.0 Å². The number of benzene rings is 1. The molecule has 3 aromatic rings. The first-order chi connectivity index (χ1) is 14.3. The van der Waals surface area contributed by atoms with Crippen LogP contribution in [0.1, 0.15) is 30.1 Å². The lowest BCUT2D eigenvalue weighted by Gasteiger charge is -2.32. The van der Waals surface area contributed by atoms with Gasteiger partial charge in [0, 0.05) is 29.7 Å². The first kappa shape index (κ1) is 20.6. The molecule has 1 aliphatic rings. The quantitative estimate of drug-likeness (QED) is 0.556. The van der Waals surface area contributed by atoms with Crippen LogP contribution >= 0.6 is 15.9 Å². The van der Waals surface area contributed by atoms with Crippen molar-refractivity contribution in [1.82, 2.24) is 19.5 Å². The highest BCUT2D eigenvalue weighted by Crippen LogP contribution is 2.31. The Morgan fingerprint density at radius 1 is 1.17 bits per heavy atom. The van der Waals surface area contributed by atoms with E-state index >= 15 is 0 Å². The predicted molar refractivity (Wildman–Crippen MR) is 106 cm³/mol. The molecule has 10 heteroatoms. The third-order valence-corrected chi connectivity index (χ3v) is 5.60. The highest BCUT2D eigenvalue weighted by Gasteiger charge is 2.32. The number of piperidine rings is 1. The normalized spacial score (nSPS) is 17.3. The van der Waals surface area contributed by atoms with Gasteiger partial charge in [0.05, 0.1) is 5.56 Å². The second-order valence-electron chi connectivity index (χ2n) is 7.12. The molecule has 1 fully saturated rings. The Kier molecular flexibility index (Phi) is 5.68. The average Bonchev–Trinajstić information content (AvgIpc) is 3.16. The van der Waals surface area contributed by atoms with Crippen molar-refractivity contribution in [2.75, 3.05) is 19.7 Å². The van der Waals surface area contributed by atoms with Crippen LogP contribution in [0, 0.1) is 0 Å². The van der Waals surface area contributed by atoms with Crippen LogP contribution in [0.4, 0.5) is 13.2 Å². The van der Waals surface area contributed by atoms with Gasteiger partial charge >= 0.3 is 6.18 Å². The Balaban J connectivity index is 1.47. The second-order valence-corrected chi connectivity index (χ2v) is 8.04. The molecule has 0 spiro atoms. The average molecular weight is 483 g/mol. The maximum atomic E-state index is 13.1. The van der Waals surface area contributed by atoms with Crippen molar-refractivity contribution < 1.29 is 22.7 Å². The van der Waals surface area contributed by atoms with E-state index in [1.807, 2.05) is 12.1 Å². The molecule has 1 amide bonds. The Hall–Kier alpha value is -2.62. The first-order valence-electron chi connectivity index (χ1n) is 9.39. The summed E-state index contributed by atoms with van der Waals surface area (Å²) in [7, 11) is 0. The van der Waals surface area contributed by atoms with Gasteiger partial charge in [0.25, 0.3) is 5.91 Å². The smallest absolute Gasteiger partial charge is 0.417 e. The number of nitrogens with zero attached hydrogens (tertiary/aromatic N) is 4. The lowest BCUT2D eigenvalue weighted by Crippen LogP contribution is -2.42. The molecule has 1 aromatic carbocycles. The number of hydrogen-bond donors (Lipinski definition) is 0. The van der Waals surface area contributed by atoms with Gasteiger partial charge in [-0.3, -0.25) is 9.20 Å². The largest absolute Gasteiger partial charge is 0.484 e. The number of alkyl halides is 3. The maximum absolute atomic E-state index is 13.1. The summed E-state index contributed by atoms with van der Waals surface area (Å²) in [5.41, 5.74) is -0.414. The molecule has 0 saturated carbocycles. The lowest BCUT2D eigenvalue weighted by atomic mass is 9.97. The van der Waals surface area contributed by atoms with Crippen molar-refractivity contribution in [3.8, 4) is 5.75 Å². The third kappa shape index (κ3) is 4.43. The fraction of sp³-hybridized carbons (Fsp3) is 0.350. The molecule has 1 atom stereocenters. The van der Waals surface area contributed by atoms with Gasteiger partial charge in [-0.05, 0) is 49.2 Å². The van der Waals surface area contributed by atoms with E-state index < -0.39 is 11.7 Å². The minimum absolute atomic E-state index is 0.104. The molecule has 1 unspecified atom stereocenters. The molecule has 158 valence electrons. The van der Waals surface area contributed by atoms with Crippen LogP contribution in [0.2, 0.25) is 0 Å². The highest BCUT2D eigenvalue weighted by molar-refractivity contribution is 9.10. The summed E-state index contributed by atoms with van der Waals surface area (Å²) in [6, 6.07) is 9.46.